The van der Waals surface area contributed by atoms with Gasteiger partial charge in [0.05, 0.1) is 5.70 Å². The number of halogens is 1. The molecule has 3 heteroatoms. The minimum absolute atomic E-state index is 0.554. The summed E-state index contributed by atoms with van der Waals surface area (Å²) in [5, 5.41) is 0.554. The Morgan fingerprint density at radius 2 is 1.35 bits per heavy atom. The minimum atomic E-state index is 0.554. The number of allylic oxidation sites excluding steroid dienone is 1. The summed E-state index contributed by atoms with van der Waals surface area (Å²) in [6, 6.07) is 20.0. The van der Waals surface area contributed by atoms with Gasteiger partial charge in [0, 0.05) is 12.0 Å². The molecule has 0 N–H and O–H groups in total. The van der Waals surface area contributed by atoms with Crippen molar-refractivity contribution in [1.82, 2.24) is 0 Å². The van der Waals surface area contributed by atoms with E-state index >= 15 is 0 Å². The molecule has 2 aromatic carbocycles. The Morgan fingerprint density at radius 3 is 2.00 bits per heavy atom. The van der Waals surface area contributed by atoms with E-state index < -0.39 is 0 Å². The third-order valence-electron chi connectivity index (χ3n) is 3.02. The van der Waals surface area contributed by atoms with E-state index in [1.807, 2.05) is 66.7 Å². The summed E-state index contributed by atoms with van der Waals surface area (Å²) in [6.45, 7) is 0. The van der Waals surface area contributed by atoms with Gasteiger partial charge < -0.3 is 0 Å². The molecule has 0 amide bonds. The van der Waals surface area contributed by atoms with Crippen LogP contribution in [-0.4, -0.2) is 11.0 Å². The van der Waals surface area contributed by atoms with Crippen LogP contribution in [0.2, 0.25) is 0 Å². The number of aliphatic imine (C=N–C) groups is 2. The molecule has 0 spiro atoms. The lowest BCUT2D eigenvalue weighted by molar-refractivity contribution is 1.44. The lowest BCUT2D eigenvalue weighted by Crippen LogP contribution is -1.98. The topological polar surface area (TPSA) is 24.7 Å². The molecule has 20 heavy (non-hydrogen) atoms. The highest BCUT2D eigenvalue weighted by molar-refractivity contribution is 6.66. The number of amidine groups is 1. The molecular formula is C17H13ClN2. The van der Waals surface area contributed by atoms with Crippen molar-refractivity contribution in [2.45, 2.75) is 6.42 Å². The van der Waals surface area contributed by atoms with Gasteiger partial charge in [0.25, 0.3) is 0 Å². The monoisotopic (exact) mass is 280 g/mol. The van der Waals surface area contributed by atoms with E-state index in [0.29, 0.717) is 17.4 Å². The maximum Gasteiger partial charge on any atom is 0.161 e. The summed E-state index contributed by atoms with van der Waals surface area (Å²) >= 11 is 6.14. The van der Waals surface area contributed by atoms with Crippen molar-refractivity contribution in [1.29, 1.82) is 0 Å². The molecule has 0 radical (unpaired) electrons. The molecule has 0 bridgehead atoms. The van der Waals surface area contributed by atoms with E-state index in [-0.39, 0.29) is 0 Å². The molecule has 0 aliphatic carbocycles. The lowest BCUT2D eigenvalue weighted by Gasteiger charge is -2.03. The van der Waals surface area contributed by atoms with Crippen molar-refractivity contribution >= 4 is 28.3 Å². The fourth-order valence-electron chi connectivity index (χ4n) is 2.03. The van der Waals surface area contributed by atoms with Crippen LogP contribution in [0.1, 0.15) is 17.5 Å². The van der Waals surface area contributed by atoms with Crippen LogP contribution in [0, 0.1) is 0 Å². The van der Waals surface area contributed by atoms with Gasteiger partial charge in [-0.1, -0.05) is 78.3 Å². The molecule has 0 saturated heterocycles. The number of nitrogens with zero attached hydrogens (tertiary/aromatic N) is 2. The third kappa shape index (κ3) is 2.86. The van der Waals surface area contributed by atoms with Gasteiger partial charge in [-0.25, -0.2) is 9.98 Å². The highest BCUT2D eigenvalue weighted by Gasteiger charge is 2.10. The van der Waals surface area contributed by atoms with Gasteiger partial charge >= 0.3 is 0 Å². The minimum Gasteiger partial charge on any atom is -0.228 e. The van der Waals surface area contributed by atoms with Crippen molar-refractivity contribution in [2.24, 2.45) is 9.98 Å². The van der Waals surface area contributed by atoms with Gasteiger partial charge in [-0.05, 0) is 5.56 Å². The fraction of sp³-hybridized carbons (Fsp3) is 0.0588. The molecular weight excluding hydrogens is 268 g/mol. The van der Waals surface area contributed by atoms with Crippen molar-refractivity contribution in [2.75, 3.05) is 0 Å². The van der Waals surface area contributed by atoms with Crippen LogP contribution in [0.15, 0.2) is 76.7 Å². The predicted molar refractivity (Wildman–Crippen MR) is 85.3 cm³/mol. The Labute approximate surface area is 123 Å². The fourth-order valence-corrected chi connectivity index (χ4v) is 2.19. The first-order valence-corrected chi connectivity index (χ1v) is 6.83. The van der Waals surface area contributed by atoms with Crippen molar-refractivity contribution in [3.8, 4) is 0 Å². The molecule has 2 aromatic rings. The average molecular weight is 281 g/mol. The molecule has 0 atom stereocenters. The van der Waals surface area contributed by atoms with Gasteiger partial charge in [-0.2, -0.15) is 0 Å². The highest BCUT2D eigenvalue weighted by Crippen LogP contribution is 2.21. The maximum atomic E-state index is 6.14. The highest BCUT2D eigenvalue weighted by atomic mass is 35.5. The van der Waals surface area contributed by atoms with E-state index in [2.05, 4.69) is 9.98 Å². The number of hydrogen-bond donors (Lipinski definition) is 0. The quantitative estimate of drug-likeness (QED) is 0.773. The van der Waals surface area contributed by atoms with Gasteiger partial charge in [-0.15, -0.1) is 0 Å². The number of benzene rings is 2. The smallest absolute Gasteiger partial charge is 0.161 e. The second-order valence-electron chi connectivity index (χ2n) is 4.45. The van der Waals surface area contributed by atoms with Crippen LogP contribution in [-0.2, 0) is 0 Å². The predicted octanol–water partition coefficient (Wildman–Crippen LogP) is 4.52. The molecule has 1 aliphatic rings. The summed E-state index contributed by atoms with van der Waals surface area (Å²) in [5.74, 6) is 0.656. The Hall–Kier alpha value is -2.19. The molecule has 0 fully saturated rings. The summed E-state index contributed by atoms with van der Waals surface area (Å²) in [4.78, 5) is 9.07. The zero-order valence-electron chi connectivity index (χ0n) is 10.8. The third-order valence-corrected chi connectivity index (χ3v) is 3.26. The number of hydrogen-bond acceptors (Lipinski definition) is 2. The normalized spacial score (nSPS) is 14.9. The second kappa shape index (κ2) is 5.85. The zero-order valence-corrected chi connectivity index (χ0v) is 11.6. The van der Waals surface area contributed by atoms with E-state index in [1.54, 1.807) is 0 Å². The Bertz CT molecular complexity index is 685. The summed E-state index contributed by atoms with van der Waals surface area (Å²) < 4.78 is 0. The number of rotatable bonds is 2. The first kappa shape index (κ1) is 12.8. The standard InChI is InChI=1S/C17H13ClN2/c18-16-12-11-15(13-7-3-1-4-8-13)19-17(20-16)14-9-5-2-6-10-14/h1-11H,12H2. The van der Waals surface area contributed by atoms with Crippen molar-refractivity contribution in [3.05, 3.63) is 77.9 Å². The molecule has 1 aliphatic heterocycles. The van der Waals surface area contributed by atoms with Crippen LogP contribution in [0.4, 0.5) is 0 Å². The average Bonchev–Trinajstić information content (AvgIpc) is 2.71. The zero-order chi connectivity index (χ0) is 13.8. The Balaban J connectivity index is 2.06. The molecule has 0 aromatic heterocycles. The van der Waals surface area contributed by atoms with Crippen molar-refractivity contribution in [3.63, 3.8) is 0 Å². The summed E-state index contributed by atoms with van der Waals surface area (Å²) in [7, 11) is 0. The molecule has 3 rings (SSSR count). The van der Waals surface area contributed by atoms with Crippen LogP contribution < -0.4 is 0 Å². The van der Waals surface area contributed by atoms with Crippen LogP contribution in [0.5, 0.6) is 0 Å². The Morgan fingerprint density at radius 1 is 0.750 bits per heavy atom. The molecule has 1 heterocycles. The van der Waals surface area contributed by atoms with E-state index in [1.165, 1.54) is 0 Å². The molecule has 98 valence electrons. The van der Waals surface area contributed by atoms with E-state index in [0.717, 1.165) is 16.8 Å². The molecule has 2 nitrogen and oxygen atoms in total. The first-order chi connectivity index (χ1) is 9.83. The largest absolute Gasteiger partial charge is 0.228 e. The summed E-state index contributed by atoms with van der Waals surface area (Å²) in [6.07, 6.45) is 2.61. The second-order valence-corrected chi connectivity index (χ2v) is 4.89. The molecule has 0 saturated carbocycles. The van der Waals surface area contributed by atoms with Gasteiger partial charge in [0.2, 0.25) is 0 Å². The van der Waals surface area contributed by atoms with E-state index in [9.17, 15) is 0 Å². The van der Waals surface area contributed by atoms with Crippen LogP contribution >= 0.6 is 11.6 Å². The summed E-state index contributed by atoms with van der Waals surface area (Å²) in [5.41, 5.74) is 2.95. The van der Waals surface area contributed by atoms with Crippen molar-refractivity contribution < 1.29 is 0 Å². The van der Waals surface area contributed by atoms with E-state index in [4.69, 9.17) is 11.6 Å². The van der Waals surface area contributed by atoms with Gasteiger partial charge in [0.15, 0.2) is 5.84 Å². The Kier molecular flexibility index (Phi) is 3.75. The lowest BCUT2D eigenvalue weighted by atomic mass is 10.1. The van der Waals surface area contributed by atoms with Crippen LogP contribution in [0.3, 0.4) is 0 Å². The molecule has 0 unspecified atom stereocenters. The van der Waals surface area contributed by atoms with Crippen LogP contribution in [0.25, 0.3) is 5.70 Å². The van der Waals surface area contributed by atoms with Gasteiger partial charge in [-0.3, -0.25) is 0 Å². The van der Waals surface area contributed by atoms with Gasteiger partial charge in [0.1, 0.15) is 5.17 Å². The first-order valence-electron chi connectivity index (χ1n) is 6.46. The SMILES string of the molecule is ClC1=NC(c2ccccc2)=NC(c2ccccc2)=CC1. The maximum absolute atomic E-state index is 6.14.